The first kappa shape index (κ1) is 12.4. The van der Waals surface area contributed by atoms with Gasteiger partial charge in [-0.25, -0.2) is 0 Å². The lowest BCUT2D eigenvalue weighted by atomic mass is 10.0. The second kappa shape index (κ2) is 4.69. The molecule has 92 valence electrons. The number of benzene rings is 1. The maximum atomic E-state index is 11.8. The molecule has 0 bridgehead atoms. The topological polar surface area (TPSA) is 29.5 Å². The summed E-state index contributed by atoms with van der Waals surface area (Å²) in [6, 6.07) is 4.10. The maximum Gasteiger partial charge on any atom is 0.230 e. The van der Waals surface area contributed by atoms with Gasteiger partial charge < -0.3 is 9.64 Å². The highest BCUT2D eigenvalue weighted by molar-refractivity contribution is 9.10. The predicted molar refractivity (Wildman–Crippen MR) is 71.8 cm³/mol. The highest BCUT2D eigenvalue weighted by Gasteiger charge is 2.23. The fourth-order valence-electron chi connectivity index (χ4n) is 1.87. The van der Waals surface area contributed by atoms with Crippen LogP contribution in [0.4, 0.5) is 5.69 Å². The quantitative estimate of drug-likeness (QED) is 0.796. The number of fused-ring (bicyclic) bond motifs is 1. The van der Waals surface area contributed by atoms with Crippen molar-refractivity contribution < 1.29 is 9.53 Å². The van der Waals surface area contributed by atoms with Crippen LogP contribution in [0.5, 0.6) is 5.75 Å². The van der Waals surface area contributed by atoms with E-state index in [1.54, 1.807) is 11.9 Å². The Morgan fingerprint density at radius 1 is 1.41 bits per heavy atom. The first-order valence-corrected chi connectivity index (χ1v) is 6.52. The van der Waals surface area contributed by atoms with Gasteiger partial charge in [0.25, 0.3) is 0 Å². The SMILES string of the molecule is CC(C)c1cc(Br)c2c(c1)N(C)C(=O)CCO2. The molecule has 1 aliphatic heterocycles. The molecule has 0 aliphatic carbocycles. The van der Waals surface area contributed by atoms with Crippen molar-refractivity contribution in [3.05, 3.63) is 22.2 Å². The monoisotopic (exact) mass is 297 g/mol. The number of nitrogens with zero attached hydrogens (tertiary/aromatic N) is 1. The molecule has 3 nitrogen and oxygen atoms in total. The minimum absolute atomic E-state index is 0.0940. The van der Waals surface area contributed by atoms with Crippen molar-refractivity contribution in [2.24, 2.45) is 0 Å². The minimum Gasteiger partial charge on any atom is -0.490 e. The number of carbonyl (C=O) groups is 1. The Bertz CT molecular complexity index is 457. The summed E-state index contributed by atoms with van der Waals surface area (Å²) >= 11 is 3.52. The van der Waals surface area contributed by atoms with Gasteiger partial charge in [0.1, 0.15) is 0 Å². The molecule has 0 atom stereocenters. The normalized spacial score (nSPS) is 15.6. The van der Waals surface area contributed by atoms with Crippen LogP contribution in [-0.4, -0.2) is 19.6 Å². The van der Waals surface area contributed by atoms with E-state index in [0.717, 1.165) is 15.9 Å². The molecule has 4 heteroatoms. The van der Waals surface area contributed by atoms with Crippen LogP contribution >= 0.6 is 15.9 Å². The van der Waals surface area contributed by atoms with E-state index in [1.807, 2.05) is 6.07 Å². The number of rotatable bonds is 1. The Balaban J connectivity index is 2.56. The van der Waals surface area contributed by atoms with Crippen LogP contribution in [0.25, 0.3) is 0 Å². The lowest BCUT2D eigenvalue weighted by molar-refractivity contribution is -0.118. The molecule has 17 heavy (non-hydrogen) atoms. The summed E-state index contributed by atoms with van der Waals surface area (Å²) < 4.78 is 6.56. The summed E-state index contributed by atoms with van der Waals surface area (Å²) in [7, 11) is 1.80. The molecule has 0 spiro atoms. The summed E-state index contributed by atoms with van der Waals surface area (Å²) in [4.78, 5) is 13.5. The third-order valence-electron chi connectivity index (χ3n) is 3.01. The third-order valence-corrected chi connectivity index (χ3v) is 3.60. The smallest absolute Gasteiger partial charge is 0.230 e. The Hall–Kier alpha value is -1.03. The number of halogens is 1. The summed E-state index contributed by atoms with van der Waals surface area (Å²) in [6.07, 6.45) is 0.425. The van der Waals surface area contributed by atoms with Gasteiger partial charge in [0.15, 0.2) is 5.75 Å². The van der Waals surface area contributed by atoms with Gasteiger partial charge in [0.2, 0.25) is 5.91 Å². The van der Waals surface area contributed by atoms with Crippen LogP contribution in [0.3, 0.4) is 0 Å². The van der Waals surface area contributed by atoms with Crippen molar-refractivity contribution in [2.45, 2.75) is 26.2 Å². The Kier molecular flexibility index (Phi) is 3.43. The average molecular weight is 298 g/mol. The van der Waals surface area contributed by atoms with E-state index in [9.17, 15) is 4.79 Å². The summed E-state index contributed by atoms with van der Waals surface area (Å²) in [5.74, 6) is 1.28. The van der Waals surface area contributed by atoms with Gasteiger partial charge in [0, 0.05) is 7.05 Å². The summed E-state index contributed by atoms with van der Waals surface area (Å²) in [5.41, 5.74) is 2.05. The van der Waals surface area contributed by atoms with Crippen LogP contribution in [0.1, 0.15) is 31.7 Å². The van der Waals surface area contributed by atoms with Crippen molar-refractivity contribution in [1.82, 2.24) is 0 Å². The molecular formula is C13H16BrNO2. The number of ether oxygens (including phenoxy) is 1. The Morgan fingerprint density at radius 2 is 2.12 bits per heavy atom. The zero-order valence-electron chi connectivity index (χ0n) is 10.3. The number of carbonyl (C=O) groups excluding carboxylic acids is 1. The number of hydrogen-bond donors (Lipinski definition) is 0. The van der Waals surface area contributed by atoms with Crippen molar-refractivity contribution in [3.8, 4) is 5.75 Å². The first-order valence-electron chi connectivity index (χ1n) is 5.73. The van der Waals surface area contributed by atoms with Crippen molar-refractivity contribution in [1.29, 1.82) is 0 Å². The van der Waals surface area contributed by atoms with Gasteiger partial charge in [-0.1, -0.05) is 13.8 Å². The van der Waals surface area contributed by atoms with Gasteiger partial charge in [-0.15, -0.1) is 0 Å². The van der Waals surface area contributed by atoms with Crippen LogP contribution in [-0.2, 0) is 4.79 Å². The first-order chi connectivity index (χ1) is 8.00. The van der Waals surface area contributed by atoms with Crippen LogP contribution in [0, 0.1) is 0 Å². The van der Waals surface area contributed by atoms with E-state index in [0.29, 0.717) is 18.9 Å². The number of anilines is 1. The van der Waals surface area contributed by atoms with E-state index in [-0.39, 0.29) is 5.91 Å². The van der Waals surface area contributed by atoms with Gasteiger partial charge in [0.05, 0.1) is 23.2 Å². The second-order valence-corrected chi connectivity index (χ2v) is 5.41. The Morgan fingerprint density at radius 3 is 2.76 bits per heavy atom. The van der Waals surface area contributed by atoms with Gasteiger partial charge >= 0.3 is 0 Å². The highest BCUT2D eigenvalue weighted by atomic mass is 79.9. The van der Waals surface area contributed by atoms with Crippen LogP contribution in [0.15, 0.2) is 16.6 Å². The van der Waals surface area contributed by atoms with Gasteiger partial charge in [-0.2, -0.15) is 0 Å². The highest BCUT2D eigenvalue weighted by Crippen LogP contribution is 2.40. The predicted octanol–water partition coefficient (Wildman–Crippen LogP) is 3.32. The molecule has 0 saturated carbocycles. The summed E-state index contributed by atoms with van der Waals surface area (Å²) in [5, 5.41) is 0. The lowest BCUT2D eigenvalue weighted by Crippen LogP contribution is -2.25. The molecule has 0 radical (unpaired) electrons. The molecular weight excluding hydrogens is 282 g/mol. The molecule has 0 saturated heterocycles. The second-order valence-electron chi connectivity index (χ2n) is 4.56. The van der Waals surface area contributed by atoms with Crippen LogP contribution < -0.4 is 9.64 Å². The van der Waals surface area contributed by atoms with E-state index >= 15 is 0 Å². The molecule has 0 aromatic heterocycles. The summed E-state index contributed by atoms with van der Waals surface area (Å²) in [6.45, 7) is 4.71. The fourth-order valence-corrected chi connectivity index (χ4v) is 2.45. The minimum atomic E-state index is 0.0940. The van der Waals surface area contributed by atoms with Crippen molar-refractivity contribution in [2.75, 3.05) is 18.6 Å². The molecule has 0 fully saturated rings. The molecule has 1 aromatic rings. The molecule has 0 unspecified atom stereocenters. The maximum absolute atomic E-state index is 11.8. The van der Waals surface area contributed by atoms with Gasteiger partial charge in [-0.05, 0) is 39.5 Å². The fraction of sp³-hybridized carbons (Fsp3) is 0.462. The van der Waals surface area contributed by atoms with Gasteiger partial charge in [-0.3, -0.25) is 4.79 Å². The van der Waals surface area contributed by atoms with Crippen molar-refractivity contribution >= 4 is 27.5 Å². The lowest BCUT2D eigenvalue weighted by Gasteiger charge is -2.19. The average Bonchev–Trinajstić information content (AvgIpc) is 2.41. The molecule has 1 aromatic carbocycles. The zero-order chi connectivity index (χ0) is 12.6. The molecule has 1 heterocycles. The zero-order valence-corrected chi connectivity index (χ0v) is 11.9. The molecule has 1 aliphatic rings. The molecule has 0 N–H and O–H groups in total. The number of hydrogen-bond acceptors (Lipinski definition) is 2. The van der Waals surface area contributed by atoms with Crippen LogP contribution in [0.2, 0.25) is 0 Å². The molecule has 1 amide bonds. The van der Waals surface area contributed by atoms with E-state index in [1.165, 1.54) is 5.56 Å². The number of amides is 1. The standard InChI is InChI=1S/C13H16BrNO2/c1-8(2)9-6-10(14)13-11(7-9)15(3)12(16)4-5-17-13/h6-8H,4-5H2,1-3H3. The van der Waals surface area contributed by atoms with E-state index < -0.39 is 0 Å². The largest absolute Gasteiger partial charge is 0.490 e. The molecule has 2 rings (SSSR count). The van der Waals surface area contributed by atoms with E-state index in [2.05, 4.69) is 35.8 Å². The third kappa shape index (κ3) is 2.32. The Labute approximate surface area is 110 Å². The van der Waals surface area contributed by atoms with Crippen molar-refractivity contribution in [3.63, 3.8) is 0 Å². The van der Waals surface area contributed by atoms with E-state index in [4.69, 9.17) is 4.74 Å².